The van der Waals surface area contributed by atoms with Gasteiger partial charge in [-0.2, -0.15) is 0 Å². The number of oxazole rings is 1. The minimum atomic E-state index is -1.07. The molecule has 5 heteroatoms. The average Bonchev–Trinajstić information content (AvgIpc) is 2.59. The number of ether oxygens (including phenoxy) is 1. The monoisotopic (exact) mass is 253 g/mol. The van der Waals surface area contributed by atoms with Crippen LogP contribution in [0, 0.1) is 0 Å². The number of nitrogens with zero attached hydrogens (tertiary/aromatic N) is 1. The molecule has 1 aliphatic rings. The van der Waals surface area contributed by atoms with Crippen LogP contribution in [0.3, 0.4) is 0 Å². The minimum Gasteiger partial charge on any atom is -0.475 e. The van der Waals surface area contributed by atoms with Crippen molar-refractivity contribution in [3.05, 3.63) is 17.3 Å². The van der Waals surface area contributed by atoms with Gasteiger partial charge < -0.3 is 14.3 Å². The third-order valence-corrected chi connectivity index (χ3v) is 3.39. The summed E-state index contributed by atoms with van der Waals surface area (Å²) in [6.45, 7) is 0.178. The number of carboxylic acids is 1. The average molecular weight is 253 g/mol. The van der Waals surface area contributed by atoms with E-state index in [1.807, 2.05) is 0 Å². The maximum absolute atomic E-state index is 11.1. The maximum Gasteiger partial charge on any atom is 0.373 e. The summed E-state index contributed by atoms with van der Waals surface area (Å²) in [5.74, 6) is -0.317. The predicted molar refractivity (Wildman–Crippen MR) is 64.6 cm³/mol. The Morgan fingerprint density at radius 3 is 2.61 bits per heavy atom. The lowest BCUT2D eigenvalue weighted by Gasteiger charge is -2.08. The van der Waals surface area contributed by atoms with Crippen molar-refractivity contribution in [3.8, 4) is 0 Å². The van der Waals surface area contributed by atoms with E-state index in [-0.39, 0.29) is 18.3 Å². The Morgan fingerprint density at radius 2 is 2.06 bits per heavy atom. The third kappa shape index (κ3) is 2.90. The van der Waals surface area contributed by atoms with Crippen molar-refractivity contribution in [2.24, 2.45) is 0 Å². The van der Waals surface area contributed by atoms with Gasteiger partial charge in [-0.15, -0.1) is 0 Å². The van der Waals surface area contributed by atoms with Gasteiger partial charge in [0.2, 0.25) is 5.76 Å². The second-order valence-corrected chi connectivity index (χ2v) is 4.75. The first-order chi connectivity index (χ1) is 8.72. The highest BCUT2D eigenvalue weighted by Gasteiger charge is 2.25. The molecule has 0 spiro atoms. The Hall–Kier alpha value is -1.36. The molecule has 0 atom stereocenters. The number of rotatable bonds is 4. The van der Waals surface area contributed by atoms with Crippen LogP contribution in [0.2, 0.25) is 0 Å². The standard InChI is InChI=1S/C13H19NO4/c1-17-8-10-11(13(15)16)18-12(14-10)9-6-4-2-3-5-7-9/h9H,2-8H2,1H3,(H,15,16). The number of methoxy groups -OCH3 is 1. The summed E-state index contributed by atoms with van der Waals surface area (Å²) in [7, 11) is 1.52. The zero-order valence-electron chi connectivity index (χ0n) is 10.6. The van der Waals surface area contributed by atoms with Crippen LogP contribution < -0.4 is 0 Å². The molecule has 0 saturated heterocycles. The first-order valence-electron chi connectivity index (χ1n) is 6.44. The van der Waals surface area contributed by atoms with E-state index in [1.54, 1.807) is 0 Å². The molecule has 1 aromatic heterocycles. The molecular weight excluding hydrogens is 234 g/mol. The fraction of sp³-hybridized carbons (Fsp3) is 0.692. The second-order valence-electron chi connectivity index (χ2n) is 4.75. The highest BCUT2D eigenvalue weighted by molar-refractivity contribution is 5.85. The van der Waals surface area contributed by atoms with Crippen molar-refractivity contribution in [1.82, 2.24) is 4.98 Å². The Kier molecular flexibility index (Phi) is 4.36. The SMILES string of the molecule is COCc1nc(C2CCCCCC2)oc1C(=O)O. The van der Waals surface area contributed by atoms with Gasteiger partial charge in [-0.1, -0.05) is 25.7 Å². The summed E-state index contributed by atoms with van der Waals surface area (Å²) in [5.41, 5.74) is 0.393. The molecule has 0 aromatic carbocycles. The first kappa shape index (κ1) is 13.1. The molecule has 1 fully saturated rings. The lowest BCUT2D eigenvalue weighted by molar-refractivity contribution is 0.0652. The molecule has 1 aliphatic carbocycles. The Labute approximate surface area is 106 Å². The minimum absolute atomic E-state index is 0.0731. The third-order valence-electron chi connectivity index (χ3n) is 3.39. The topological polar surface area (TPSA) is 72.6 Å². The Morgan fingerprint density at radius 1 is 1.39 bits per heavy atom. The zero-order chi connectivity index (χ0) is 13.0. The van der Waals surface area contributed by atoms with E-state index in [9.17, 15) is 4.79 Å². The largest absolute Gasteiger partial charge is 0.475 e. The number of hydrogen-bond donors (Lipinski definition) is 1. The molecule has 2 rings (SSSR count). The quantitative estimate of drug-likeness (QED) is 0.835. The van der Waals surface area contributed by atoms with E-state index in [0.29, 0.717) is 11.6 Å². The molecular formula is C13H19NO4. The van der Waals surface area contributed by atoms with Gasteiger partial charge in [0, 0.05) is 13.0 Å². The van der Waals surface area contributed by atoms with Crippen molar-refractivity contribution in [3.63, 3.8) is 0 Å². The van der Waals surface area contributed by atoms with Crippen LogP contribution in [-0.4, -0.2) is 23.2 Å². The molecule has 1 saturated carbocycles. The van der Waals surface area contributed by atoms with Gasteiger partial charge in [0.1, 0.15) is 5.69 Å². The van der Waals surface area contributed by atoms with Crippen molar-refractivity contribution < 1.29 is 19.1 Å². The fourth-order valence-corrected chi connectivity index (χ4v) is 2.47. The molecule has 0 amide bonds. The Bertz CT molecular complexity index is 405. The number of carbonyl (C=O) groups is 1. The molecule has 1 heterocycles. The molecule has 1 N–H and O–H groups in total. The summed E-state index contributed by atoms with van der Waals surface area (Å²) < 4.78 is 10.4. The number of carboxylic acid groups (broad SMARTS) is 1. The van der Waals surface area contributed by atoms with E-state index in [4.69, 9.17) is 14.3 Å². The van der Waals surface area contributed by atoms with E-state index in [1.165, 1.54) is 20.0 Å². The van der Waals surface area contributed by atoms with Crippen LogP contribution >= 0.6 is 0 Å². The molecule has 0 aliphatic heterocycles. The summed E-state index contributed by atoms with van der Waals surface area (Å²) in [4.78, 5) is 15.4. The number of hydrogen-bond acceptors (Lipinski definition) is 4. The normalized spacial score (nSPS) is 17.6. The van der Waals surface area contributed by atoms with Crippen LogP contribution in [-0.2, 0) is 11.3 Å². The first-order valence-corrected chi connectivity index (χ1v) is 6.44. The highest BCUT2D eigenvalue weighted by atomic mass is 16.5. The lowest BCUT2D eigenvalue weighted by Crippen LogP contribution is -2.00. The number of aromatic carboxylic acids is 1. The molecule has 1 aromatic rings. The van der Waals surface area contributed by atoms with Gasteiger partial charge in [-0.05, 0) is 12.8 Å². The fourth-order valence-electron chi connectivity index (χ4n) is 2.47. The van der Waals surface area contributed by atoms with E-state index >= 15 is 0 Å². The smallest absolute Gasteiger partial charge is 0.373 e. The maximum atomic E-state index is 11.1. The summed E-state index contributed by atoms with van der Waals surface area (Å²) in [6.07, 6.45) is 6.88. The van der Waals surface area contributed by atoms with Gasteiger partial charge in [0.15, 0.2) is 5.89 Å². The van der Waals surface area contributed by atoms with Crippen LogP contribution in [0.15, 0.2) is 4.42 Å². The molecule has 100 valence electrons. The molecule has 18 heavy (non-hydrogen) atoms. The van der Waals surface area contributed by atoms with Crippen molar-refractivity contribution in [2.45, 2.75) is 51.0 Å². The van der Waals surface area contributed by atoms with Gasteiger partial charge in [-0.3, -0.25) is 0 Å². The van der Waals surface area contributed by atoms with Crippen LogP contribution in [0.1, 0.15) is 66.6 Å². The van der Waals surface area contributed by atoms with E-state index < -0.39 is 5.97 Å². The molecule has 5 nitrogen and oxygen atoms in total. The highest BCUT2D eigenvalue weighted by Crippen LogP contribution is 2.32. The number of aromatic nitrogens is 1. The Balaban J connectivity index is 2.21. The second kappa shape index (κ2) is 6.00. The van der Waals surface area contributed by atoms with Crippen LogP contribution in [0.25, 0.3) is 0 Å². The zero-order valence-corrected chi connectivity index (χ0v) is 10.6. The van der Waals surface area contributed by atoms with Crippen molar-refractivity contribution in [2.75, 3.05) is 7.11 Å². The van der Waals surface area contributed by atoms with Crippen molar-refractivity contribution in [1.29, 1.82) is 0 Å². The summed E-state index contributed by atoms with van der Waals surface area (Å²) in [5, 5.41) is 9.07. The summed E-state index contributed by atoms with van der Waals surface area (Å²) in [6, 6.07) is 0. The van der Waals surface area contributed by atoms with Crippen LogP contribution in [0.5, 0.6) is 0 Å². The predicted octanol–water partition coefficient (Wildman–Crippen LogP) is 2.96. The van der Waals surface area contributed by atoms with Crippen LogP contribution in [0.4, 0.5) is 0 Å². The molecule has 0 bridgehead atoms. The van der Waals surface area contributed by atoms with Gasteiger partial charge in [0.25, 0.3) is 0 Å². The summed E-state index contributed by atoms with van der Waals surface area (Å²) >= 11 is 0. The van der Waals surface area contributed by atoms with Gasteiger partial charge >= 0.3 is 5.97 Å². The van der Waals surface area contributed by atoms with Gasteiger partial charge in [0.05, 0.1) is 6.61 Å². The lowest BCUT2D eigenvalue weighted by atomic mass is 10.0. The molecule has 0 unspecified atom stereocenters. The molecule has 0 radical (unpaired) electrons. The van der Waals surface area contributed by atoms with Gasteiger partial charge in [-0.25, -0.2) is 9.78 Å². The van der Waals surface area contributed by atoms with Crippen molar-refractivity contribution >= 4 is 5.97 Å². The van der Waals surface area contributed by atoms with E-state index in [0.717, 1.165) is 25.7 Å². The van der Waals surface area contributed by atoms with E-state index in [2.05, 4.69) is 4.98 Å².